The molecule has 0 atom stereocenters. The Morgan fingerprint density at radius 1 is 1.07 bits per heavy atom. The molecule has 0 saturated carbocycles. The average molecular weight is 198 g/mol. The Bertz CT molecular complexity index is 203. The highest BCUT2D eigenvalue weighted by Crippen LogP contribution is 1.98. The van der Waals surface area contributed by atoms with Gasteiger partial charge in [-0.1, -0.05) is 0 Å². The summed E-state index contributed by atoms with van der Waals surface area (Å²) in [6.07, 6.45) is 0. The molecule has 2 N–H and O–H groups in total. The third kappa shape index (κ3) is 2.67. The van der Waals surface area contributed by atoms with Gasteiger partial charge < -0.3 is 10.6 Å². The van der Waals surface area contributed by atoms with Crippen molar-refractivity contribution >= 4 is 5.91 Å². The predicted molar refractivity (Wildman–Crippen MR) is 53.9 cm³/mol. The minimum atomic E-state index is 0.159. The summed E-state index contributed by atoms with van der Waals surface area (Å²) in [5, 5.41) is 6.16. The van der Waals surface area contributed by atoms with Gasteiger partial charge in [0.25, 0.3) is 0 Å². The average Bonchev–Trinajstić information content (AvgIpc) is 2.19. The number of amides is 1. The first-order chi connectivity index (χ1) is 6.84. The highest BCUT2D eigenvalue weighted by molar-refractivity contribution is 5.78. The van der Waals surface area contributed by atoms with Crippen molar-refractivity contribution in [3.05, 3.63) is 0 Å². The van der Waals surface area contributed by atoms with Gasteiger partial charge in [-0.3, -0.25) is 14.6 Å². The zero-order valence-electron chi connectivity index (χ0n) is 8.46. The molecule has 0 bridgehead atoms. The van der Waals surface area contributed by atoms with Crippen LogP contribution in [0.2, 0.25) is 0 Å². The third-order valence-electron chi connectivity index (χ3n) is 2.73. The summed E-state index contributed by atoms with van der Waals surface area (Å²) in [6.45, 7) is 7.61. The first-order valence-corrected chi connectivity index (χ1v) is 5.27. The van der Waals surface area contributed by atoms with Gasteiger partial charge in [-0.2, -0.15) is 0 Å². The Kier molecular flexibility index (Phi) is 3.34. The molecule has 5 nitrogen and oxygen atoms in total. The van der Waals surface area contributed by atoms with E-state index >= 15 is 0 Å². The molecule has 0 spiro atoms. The molecule has 1 amide bonds. The van der Waals surface area contributed by atoms with E-state index in [0.29, 0.717) is 6.54 Å². The summed E-state index contributed by atoms with van der Waals surface area (Å²) >= 11 is 0. The maximum absolute atomic E-state index is 11.1. The second-order valence-electron chi connectivity index (χ2n) is 3.91. The molecule has 80 valence electrons. The normalized spacial score (nSPS) is 26.1. The lowest BCUT2D eigenvalue weighted by Gasteiger charge is -2.34. The topological polar surface area (TPSA) is 47.6 Å². The molecule has 5 heteroatoms. The Labute approximate surface area is 84.4 Å². The van der Waals surface area contributed by atoms with Crippen LogP contribution in [0.3, 0.4) is 0 Å². The molecular formula is C9H18N4O. The summed E-state index contributed by atoms with van der Waals surface area (Å²) in [6, 6.07) is 0. The van der Waals surface area contributed by atoms with Gasteiger partial charge in [0.05, 0.1) is 13.2 Å². The maximum Gasteiger partial charge on any atom is 0.234 e. The fourth-order valence-corrected chi connectivity index (χ4v) is 1.95. The van der Waals surface area contributed by atoms with E-state index in [1.54, 1.807) is 0 Å². The van der Waals surface area contributed by atoms with Crippen LogP contribution in [-0.4, -0.2) is 68.2 Å². The molecule has 2 rings (SSSR count). The summed E-state index contributed by atoms with van der Waals surface area (Å²) in [4.78, 5) is 15.7. The molecular weight excluding hydrogens is 180 g/mol. The Morgan fingerprint density at radius 3 is 2.50 bits per heavy atom. The second-order valence-corrected chi connectivity index (χ2v) is 3.91. The van der Waals surface area contributed by atoms with Crippen LogP contribution in [0.25, 0.3) is 0 Å². The SMILES string of the molecule is O=C1CN(CN2CCNCC2)CCN1. The van der Waals surface area contributed by atoms with Gasteiger partial charge in [-0.15, -0.1) is 0 Å². The lowest BCUT2D eigenvalue weighted by Crippen LogP contribution is -2.54. The molecule has 0 radical (unpaired) electrons. The maximum atomic E-state index is 11.1. The molecule has 2 saturated heterocycles. The van der Waals surface area contributed by atoms with Crippen LogP contribution < -0.4 is 10.6 Å². The smallest absolute Gasteiger partial charge is 0.234 e. The molecule has 0 aliphatic carbocycles. The molecule has 2 fully saturated rings. The van der Waals surface area contributed by atoms with E-state index in [9.17, 15) is 4.79 Å². The minimum Gasteiger partial charge on any atom is -0.354 e. The molecule has 14 heavy (non-hydrogen) atoms. The van der Waals surface area contributed by atoms with Crippen LogP contribution >= 0.6 is 0 Å². The molecule has 2 aliphatic rings. The molecule has 0 aromatic rings. The first kappa shape index (κ1) is 9.89. The standard InChI is InChI=1S/C9H18N4O/c14-9-7-13(6-3-11-9)8-12-4-1-10-2-5-12/h10H,1-8H2,(H,11,14). The van der Waals surface area contributed by atoms with Crippen molar-refractivity contribution in [2.45, 2.75) is 0 Å². The number of carbonyl (C=O) groups excluding carboxylic acids is 1. The number of nitrogens with zero attached hydrogens (tertiary/aromatic N) is 2. The fraction of sp³-hybridized carbons (Fsp3) is 0.889. The van der Waals surface area contributed by atoms with Crippen molar-refractivity contribution in [3.63, 3.8) is 0 Å². The van der Waals surface area contributed by atoms with E-state index in [2.05, 4.69) is 20.4 Å². The van der Waals surface area contributed by atoms with E-state index < -0.39 is 0 Å². The monoisotopic (exact) mass is 198 g/mol. The van der Waals surface area contributed by atoms with Crippen LogP contribution in [0.15, 0.2) is 0 Å². The van der Waals surface area contributed by atoms with Crippen LogP contribution in [-0.2, 0) is 4.79 Å². The predicted octanol–water partition coefficient (Wildman–Crippen LogP) is -1.72. The number of hydrogen-bond donors (Lipinski definition) is 2. The second kappa shape index (κ2) is 4.72. The van der Waals surface area contributed by atoms with E-state index in [1.807, 2.05) is 0 Å². The van der Waals surface area contributed by atoms with Gasteiger partial charge in [0, 0.05) is 39.3 Å². The van der Waals surface area contributed by atoms with Gasteiger partial charge >= 0.3 is 0 Å². The zero-order valence-corrected chi connectivity index (χ0v) is 8.46. The van der Waals surface area contributed by atoms with Crippen LogP contribution in [0.1, 0.15) is 0 Å². The van der Waals surface area contributed by atoms with Gasteiger partial charge in [0.2, 0.25) is 5.91 Å². The molecule has 2 aliphatic heterocycles. The number of carbonyl (C=O) groups is 1. The van der Waals surface area contributed by atoms with Crippen molar-refractivity contribution in [3.8, 4) is 0 Å². The summed E-state index contributed by atoms with van der Waals surface area (Å²) in [5.74, 6) is 0.159. The number of piperazine rings is 2. The van der Waals surface area contributed by atoms with E-state index in [0.717, 1.165) is 45.9 Å². The van der Waals surface area contributed by atoms with Crippen LogP contribution in [0.4, 0.5) is 0 Å². The van der Waals surface area contributed by atoms with Crippen molar-refractivity contribution in [2.24, 2.45) is 0 Å². The van der Waals surface area contributed by atoms with Gasteiger partial charge in [0.15, 0.2) is 0 Å². The largest absolute Gasteiger partial charge is 0.354 e. The third-order valence-corrected chi connectivity index (χ3v) is 2.73. The fourth-order valence-electron chi connectivity index (χ4n) is 1.95. The Hall–Kier alpha value is -0.650. The van der Waals surface area contributed by atoms with Crippen LogP contribution in [0, 0.1) is 0 Å². The quantitative estimate of drug-likeness (QED) is 0.554. The lowest BCUT2D eigenvalue weighted by molar-refractivity contribution is -0.124. The van der Waals surface area contributed by atoms with Crippen molar-refractivity contribution < 1.29 is 4.79 Å². The van der Waals surface area contributed by atoms with Crippen molar-refractivity contribution in [2.75, 3.05) is 52.5 Å². The first-order valence-electron chi connectivity index (χ1n) is 5.27. The zero-order chi connectivity index (χ0) is 9.80. The highest BCUT2D eigenvalue weighted by Gasteiger charge is 2.19. The van der Waals surface area contributed by atoms with Crippen LogP contribution in [0.5, 0.6) is 0 Å². The Morgan fingerprint density at radius 2 is 1.79 bits per heavy atom. The molecule has 0 aromatic carbocycles. The minimum absolute atomic E-state index is 0.159. The van der Waals surface area contributed by atoms with E-state index in [-0.39, 0.29) is 5.91 Å². The van der Waals surface area contributed by atoms with Gasteiger partial charge in [0.1, 0.15) is 0 Å². The highest BCUT2D eigenvalue weighted by atomic mass is 16.2. The van der Waals surface area contributed by atoms with Crippen molar-refractivity contribution in [1.29, 1.82) is 0 Å². The van der Waals surface area contributed by atoms with Gasteiger partial charge in [-0.25, -0.2) is 0 Å². The molecule has 0 unspecified atom stereocenters. The summed E-state index contributed by atoms with van der Waals surface area (Å²) in [7, 11) is 0. The van der Waals surface area contributed by atoms with E-state index in [4.69, 9.17) is 0 Å². The van der Waals surface area contributed by atoms with Gasteiger partial charge in [-0.05, 0) is 0 Å². The number of rotatable bonds is 2. The number of nitrogens with one attached hydrogen (secondary N) is 2. The molecule has 2 heterocycles. The molecule has 0 aromatic heterocycles. The van der Waals surface area contributed by atoms with Crippen molar-refractivity contribution in [1.82, 2.24) is 20.4 Å². The Balaban J connectivity index is 1.75. The van der Waals surface area contributed by atoms with E-state index in [1.165, 1.54) is 0 Å². The number of hydrogen-bond acceptors (Lipinski definition) is 4. The summed E-state index contributed by atoms with van der Waals surface area (Å²) < 4.78 is 0. The summed E-state index contributed by atoms with van der Waals surface area (Å²) in [5.41, 5.74) is 0. The lowest BCUT2D eigenvalue weighted by atomic mass is 10.3.